The van der Waals surface area contributed by atoms with E-state index in [0.29, 0.717) is 5.56 Å². The van der Waals surface area contributed by atoms with Gasteiger partial charge < -0.3 is 10.5 Å². The van der Waals surface area contributed by atoms with Gasteiger partial charge in [0, 0.05) is 10.9 Å². The summed E-state index contributed by atoms with van der Waals surface area (Å²) in [6, 6.07) is 8.23. The van der Waals surface area contributed by atoms with Crippen LogP contribution in [0, 0.1) is 10.1 Å². The lowest BCUT2D eigenvalue weighted by Gasteiger charge is -2.11. The molecule has 2 N–H and O–H groups in total. The first-order valence-corrected chi connectivity index (χ1v) is 6.12. The third-order valence-electron chi connectivity index (χ3n) is 2.61. The van der Waals surface area contributed by atoms with Crippen molar-refractivity contribution in [2.24, 2.45) is 5.73 Å². The molecule has 0 radical (unpaired) electrons. The first-order chi connectivity index (χ1) is 8.63. The number of ether oxygens (including phenoxy) is 1. The second-order valence-corrected chi connectivity index (χ2v) is 4.66. The standard InChI is InChI=1S/C12H12N2O3S/c1-17-10-5-4-8(7-9(10)14(15)16)12(13)11-3-2-6-18-11/h2-7,12H,13H2,1H3/t12-/m1/s1. The van der Waals surface area contributed by atoms with Gasteiger partial charge in [-0.25, -0.2) is 0 Å². The zero-order valence-electron chi connectivity index (χ0n) is 9.70. The minimum atomic E-state index is -0.469. The van der Waals surface area contributed by atoms with Crippen molar-refractivity contribution in [3.05, 3.63) is 56.3 Å². The van der Waals surface area contributed by atoms with Crippen LogP contribution >= 0.6 is 11.3 Å². The fourth-order valence-corrected chi connectivity index (χ4v) is 2.43. The van der Waals surface area contributed by atoms with Gasteiger partial charge in [-0.05, 0) is 23.1 Å². The van der Waals surface area contributed by atoms with E-state index in [2.05, 4.69) is 0 Å². The molecule has 94 valence electrons. The molecule has 2 rings (SSSR count). The molecule has 0 bridgehead atoms. The fraction of sp³-hybridized carbons (Fsp3) is 0.167. The lowest BCUT2D eigenvalue weighted by molar-refractivity contribution is -0.385. The van der Waals surface area contributed by atoms with Gasteiger partial charge in [-0.1, -0.05) is 12.1 Å². The highest BCUT2D eigenvalue weighted by molar-refractivity contribution is 7.10. The Morgan fingerprint density at radius 1 is 1.44 bits per heavy atom. The smallest absolute Gasteiger partial charge is 0.311 e. The van der Waals surface area contributed by atoms with Crippen LogP contribution in [0.25, 0.3) is 0 Å². The number of benzene rings is 1. The molecule has 0 saturated carbocycles. The van der Waals surface area contributed by atoms with Crippen LogP contribution in [0.2, 0.25) is 0 Å². The lowest BCUT2D eigenvalue weighted by Crippen LogP contribution is -2.10. The summed E-state index contributed by atoms with van der Waals surface area (Å²) in [5.41, 5.74) is 6.70. The van der Waals surface area contributed by atoms with Crippen molar-refractivity contribution in [2.45, 2.75) is 6.04 Å². The van der Waals surface area contributed by atoms with Gasteiger partial charge in [-0.15, -0.1) is 11.3 Å². The van der Waals surface area contributed by atoms with Crippen molar-refractivity contribution in [3.8, 4) is 5.75 Å². The van der Waals surface area contributed by atoms with Crippen LogP contribution in [0.1, 0.15) is 16.5 Å². The van der Waals surface area contributed by atoms with Crippen LogP contribution in [0.3, 0.4) is 0 Å². The fourth-order valence-electron chi connectivity index (χ4n) is 1.68. The molecule has 6 heteroatoms. The normalized spacial score (nSPS) is 12.1. The Kier molecular flexibility index (Phi) is 3.59. The maximum Gasteiger partial charge on any atom is 0.311 e. The molecule has 0 amide bonds. The summed E-state index contributed by atoms with van der Waals surface area (Å²) in [6.45, 7) is 0. The maximum absolute atomic E-state index is 10.9. The Labute approximate surface area is 108 Å². The van der Waals surface area contributed by atoms with Gasteiger partial charge in [0.25, 0.3) is 0 Å². The highest BCUT2D eigenvalue weighted by atomic mass is 32.1. The second-order valence-electron chi connectivity index (χ2n) is 3.68. The Bertz CT molecular complexity index is 554. The summed E-state index contributed by atoms with van der Waals surface area (Å²) in [6.07, 6.45) is 0. The van der Waals surface area contributed by atoms with Crippen LogP contribution in [0.5, 0.6) is 5.75 Å². The van der Waals surface area contributed by atoms with Crippen molar-refractivity contribution < 1.29 is 9.66 Å². The summed E-state index contributed by atoms with van der Waals surface area (Å²) in [5, 5.41) is 12.9. The molecule has 2 aromatic rings. The third kappa shape index (κ3) is 2.34. The summed E-state index contributed by atoms with van der Waals surface area (Å²) in [5.74, 6) is 0.238. The maximum atomic E-state index is 10.9. The number of hydrogen-bond donors (Lipinski definition) is 1. The SMILES string of the molecule is COc1ccc([C@@H](N)c2cccs2)cc1[N+](=O)[O-]. The number of nitrogens with two attached hydrogens (primary N) is 1. The van der Waals surface area contributed by atoms with E-state index in [4.69, 9.17) is 10.5 Å². The van der Waals surface area contributed by atoms with Crippen molar-refractivity contribution in [1.82, 2.24) is 0 Å². The highest BCUT2D eigenvalue weighted by Gasteiger charge is 2.18. The molecule has 0 fully saturated rings. The monoisotopic (exact) mass is 264 g/mol. The minimum Gasteiger partial charge on any atom is -0.490 e. The number of methoxy groups -OCH3 is 1. The van der Waals surface area contributed by atoms with Gasteiger partial charge in [0.15, 0.2) is 5.75 Å². The van der Waals surface area contributed by atoms with Crippen molar-refractivity contribution in [3.63, 3.8) is 0 Å². The van der Waals surface area contributed by atoms with E-state index in [1.54, 1.807) is 12.1 Å². The largest absolute Gasteiger partial charge is 0.490 e. The van der Waals surface area contributed by atoms with Crippen LogP contribution in [0.4, 0.5) is 5.69 Å². The van der Waals surface area contributed by atoms with Gasteiger partial charge in [-0.2, -0.15) is 0 Å². The highest BCUT2D eigenvalue weighted by Crippen LogP contribution is 2.32. The summed E-state index contributed by atoms with van der Waals surface area (Å²) < 4.78 is 4.95. The molecule has 0 aliphatic heterocycles. The predicted molar refractivity (Wildman–Crippen MR) is 70.0 cm³/mol. The van der Waals surface area contributed by atoms with E-state index in [-0.39, 0.29) is 17.5 Å². The van der Waals surface area contributed by atoms with Gasteiger partial charge in [0.2, 0.25) is 0 Å². The molecule has 18 heavy (non-hydrogen) atoms. The molecule has 1 aromatic carbocycles. The molecule has 1 aromatic heterocycles. The van der Waals surface area contributed by atoms with Crippen molar-refractivity contribution in [2.75, 3.05) is 7.11 Å². The van der Waals surface area contributed by atoms with Gasteiger partial charge in [-0.3, -0.25) is 10.1 Å². The molecule has 0 aliphatic carbocycles. The average molecular weight is 264 g/mol. The minimum absolute atomic E-state index is 0.0676. The summed E-state index contributed by atoms with van der Waals surface area (Å²) >= 11 is 1.52. The Balaban J connectivity index is 2.41. The Hall–Kier alpha value is -1.92. The number of hydrogen-bond acceptors (Lipinski definition) is 5. The topological polar surface area (TPSA) is 78.4 Å². The van der Waals surface area contributed by atoms with E-state index < -0.39 is 4.92 Å². The summed E-state index contributed by atoms with van der Waals surface area (Å²) in [7, 11) is 1.40. The first kappa shape index (κ1) is 12.5. The van der Waals surface area contributed by atoms with Gasteiger partial charge in [0.1, 0.15) is 0 Å². The molecule has 0 unspecified atom stereocenters. The van der Waals surface area contributed by atoms with E-state index in [1.807, 2.05) is 17.5 Å². The first-order valence-electron chi connectivity index (χ1n) is 5.25. The number of nitrogens with zero attached hydrogens (tertiary/aromatic N) is 1. The van der Waals surface area contributed by atoms with E-state index in [1.165, 1.54) is 24.5 Å². The van der Waals surface area contributed by atoms with E-state index >= 15 is 0 Å². The van der Waals surface area contributed by atoms with Crippen LogP contribution in [-0.4, -0.2) is 12.0 Å². The Morgan fingerprint density at radius 2 is 2.22 bits per heavy atom. The number of nitro groups is 1. The van der Waals surface area contributed by atoms with Crippen LogP contribution in [0.15, 0.2) is 35.7 Å². The number of thiophene rings is 1. The molecule has 1 atom stereocenters. The van der Waals surface area contributed by atoms with E-state index in [0.717, 1.165) is 4.88 Å². The molecule has 0 aliphatic rings. The third-order valence-corrected chi connectivity index (χ3v) is 3.56. The number of rotatable bonds is 4. The summed E-state index contributed by atoms with van der Waals surface area (Å²) in [4.78, 5) is 11.4. The Morgan fingerprint density at radius 3 is 2.78 bits per heavy atom. The number of nitro benzene ring substituents is 1. The van der Waals surface area contributed by atoms with Gasteiger partial charge in [0.05, 0.1) is 18.1 Å². The zero-order valence-corrected chi connectivity index (χ0v) is 10.5. The zero-order chi connectivity index (χ0) is 13.1. The molecule has 1 heterocycles. The molecular weight excluding hydrogens is 252 g/mol. The van der Waals surface area contributed by atoms with Crippen molar-refractivity contribution >= 4 is 17.0 Å². The molecular formula is C12H12N2O3S. The van der Waals surface area contributed by atoms with Crippen LogP contribution in [-0.2, 0) is 0 Å². The quantitative estimate of drug-likeness (QED) is 0.680. The molecule has 0 spiro atoms. The van der Waals surface area contributed by atoms with Crippen LogP contribution < -0.4 is 10.5 Å². The van der Waals surface area contributed by atoms with Crippen molar-refractivity contribution in [1.29, 1.82) is 0 Å². The molecule has 0 saturated heterocycles. The predicted octanol–water partition coefficient (Wildman–Crippen LogP) is 2.71. The second kappa shape index (κ2) is 5.16. The van der Waals surface area contributed by atoms with E-state index in [9.17, 15) is 10.1 Å². The molecule has 5 nitrogen and oxygen atoms in total. The van der Waals surface area contributed by atoms with Gasteiger partial charge >= 0.3 is 5.69 Å². The lowest BCUT2D eigenvalue weighted by atomic mass is 10.1. The average Bonchev–Trinajstić information content (AvgIpc) is 2.90.